The van der Waals surface area contributed by atoms with Crippen LogP contribution < -0.4 is 10.6 Å². The zero-order valence-corrected chi connectivity index (χ0v) is 14.4. The van der Waals surface area contributed by atoms with Gasteiger partial charge in [-0.3, -0.25) is 0 Å². The Kier molecular flexibility index (Phi) is 6.75. The zero-order chi connectivity index (χ0) is 15.9. The van der Waals surface area contributed by atoms with Crippen LogP contribution in [0.2, 0.25) is 0 Å². The molecule has 0 amide bonds. The van der Waals surface area contributed by atoms with Crippen molar-refractivity contribution in [3.8, 4) is 0 Å². The minimum atomic E-state index is -0.0906. The first-order valence-electron chi connectivity index (χ1n) is 8.70. The summed E-state index contributed by atoms with van der Waals surface area (Å²) >= 11 is 1.80. The second kappa shape index (κ2) is 9.02. The molecule has 3 atom stereocenters. The maximum atomic E-state index is 13.6. The van der Waals surface area contributed by atoms with Crippen molar-refractivity contribution in [3.05, 3.63) is 35.6 Å². The summed E-state index contributed by atoms with van der Waals surface area (Å²) in [5, 5.41) is 7.33. The number of hydrogen-bond donors (Lipinski definition) is 2. The van der Waals surface area contributed by atoms with Crippen LogP contribution in [0, 0.1) is 11.7 Å². The minimum Gasteiger partial charge on any atom is -0.379 e. The Balaban J connectivity index is 1.35. The number of hydrogen-bond acceptors (Lipinski definition) is 4. The first-order valence-corrected chi connectivity index (χ1v) is 9.86. The van der Waals surface area contributed by atoms with Gasteiger partial charge in [-0.1, -0.05) is 24.6 Å². The Bertz CT molecular complexity index is 482. The molecule has 3 unspecified atom stereocenters. The Morgan fingerprint density at radius 3 is 3.04 bits per heavy atom. The van der Waals surface area contributed by atoms with E-state index in [1.54, 1.807) is 17.8 Å². The van der Waals surface area contributed by atoms with Gasteiger partial charge in [0.15, 0.2) is 0 Å². The van der Waals surface area contributed by atoms with Crippen molar-refractivity contribution in [2.45, 2.75) is 37.1 Å². The summed E-state index contributed by atoms with van der Waals surface area (Å²) in [6.45, 7) is 3.67. The van der Waals surface area contributed by atoms with E-state index in [2.05, 4.69) is 10.6 Å². The monoisotopic (exact) mass is 338 g/mol. The lowest BCUT2D eigenvalue weighted by atomic mass is 9.94. The molecular weight excluding hydrogens is 311 g/mol. The van der Waals surface area contributed by atoms with Crippen molar-refractivity contribution in [1.82, 2.24) is 10.6 Å². The van der Waals surface area contributed by atoms with E-state index in [-0.39, 0.29) is 5.82 Å². The van der Waals surface area contributed by atoms with E-state index in [0.29, 0.717) is 18.0 Å². The van der Waals surface area contributed by atoms with Crippen LogP contribution in [-0.4, -0.2) is 44.1 Å². The molecule has 1 saturated carbocycles. The molecule has 1 saturated heterocycles. The van der Waals surface area contributed by atoms with Gasteiger partial charge in [0.25, 0.3) is 0 Å². The van der Waals surface area contributed by atoms with Crippen molar-refractivity contribution in [3.63, 3.8) is 0 Å². The number of rotatable bonds is 7. The van der Waals surface area contributed by atoms with Crippen LogP contribution in [0.1, 0.15) is 24.8 Å². The Hall–Kier alpha value is -0.620. The lowest BCUT2D eigenvalue weighted by molar-refractivity contribution is 0.0527. The average molecular weight is 338 g/mol. The Morgan fingerprint density at radius 2 is 2.22 bits per heavy atom. The van der Waals surface area contributed by atoms with Crippen molar-refractivity contribution >= 4 is 11.8 Å². The SMILES string of the molecule is Fc1ccccc1CSCCNC1CCCC1C1COCCN1. The molecule has 128 valence electrons. The number of thioether (sulfide) groups is 1. The highest BCUT2D eigenvalue weighted by molar-refractivity contribution is 7.98. The average Bonchev–Trinajstić information content (AvgIpc) is 3.05. The Morgan fingerprint density at radius 1 is 1.30 bits per heavy atom. The van der Waals surface area contributed by atoms with Gasteiger partial charge in [-0.25, -0.2) is 4.39 Å². The molecule has 5 heteroatoms. The van der Waals surface area contributed by atoms with Crippen LogP contribution in [0.4, 0.5) is 4.39 Å². The highest BCUT2D eigenvalue weighted by Gasteiger charge is 2.34. The van der Waals surface area contributed by atoms with Crippen molar-refractivity contribution in [2.75, 3.05) is 32.1 Å². The number of ether oxygens (including phenoxy) is 1. The molecule has 1 aromatic carbocycles. The van der Waals surface area contributed by atoms with Gasteiger partial charge < -0.3 is 15.4 Å². The maximum absolute atomic E-state index is 13.6. The summed E-state index contributed by atoms with van der Waals surface area (Å²) in [5.41, 5.74) is 0.805. The predicted molar refractivity (Wildman–Crippen MR) is 94.3 cm³/mol. The number of benzene rings is 1. The second-order valence-corrected chi connectivity index (χ2v) is 7.54. The van der Waals surface area contributed by atoms with Crippen LogP contribution in [0.25, 0.3) is 0 Å². The van der Waals surface area contributed by atoms with Crippen LogP contribution in [0.5, 0.6) is 0 Å². The molecule has 2 aliphatic rings. The van der Waals surface area contributed by atoms with Gasteiger partial charge in [0.1, 0.15) is 5.82 Å². The maximum Gasteiger partial charge on any atom is 0.127 e. The van der Waals surface area contributed by atoms with Gasteiger partial charge >= 0.3 is 0 Å². The lowest BCUT2D eigenvalue weighted by Gasteiger charge is -2.33. The third-order valence-electron chi connectivity index (χ3n) is 4.90. The molecule has 0 aromatic heterocycles. The molecule has 23 heavy (non-hydrogen) atoms. The van der Waals surface area contributed by atoms with Gasteiger partial charge in [0.05, 0.1) is 13.2 Å². The summed E-state index contributed by atoms with van der Waals surface area (Å²) in [7, 11) is 0. The molecule has 0 spiro atoms. The molecular formula is C18H27FN2OS. The summed E-state index contributed by atoms with van der Waals surface area (Å²) in [6, 6.07) is 8.17. The van der Waals surface area contributed by atoms with E-state index in [4.69, 9.17) is 4.74 Å². The van der Waals surface area contributed by atoms with Crippen molar-refractivity contribution < 1.29 is 9.13 Å². The molecule has 3 nitrogen and oxygen atoms in total. The number of nitrogens with one attached hydrogen (secondary N) is 2. The fourth-order valence-corrected chi connectivity index (χ4v) is 4.56. The summed E-state index contributed by atoms with van der Waals surface area (Å²) in [6.07, 6.45) is 3.87. The van der Waals surface area contributed by atoms with Crippen LogP contribution in [0.3, 0.4) is 0 Å². The standard InChI is InChI=1S/C18H27FN2OS/c19-16-6-2-1-4-14(16)13-23-11-9-21-17-7-3-5-15(17)18-12-22-10-8-20-18/h1-2,4,6,15,17-18,20-21H,3,5,7-13H2. The molecule has 0 bridgehead atoms. The van der Waals surface area contributed by atoms with Gasteiger partial charge in [-0.05, 0) is 30.4 Å². The largest absolute Gasteiger partial charge is 0.379 e. The fraction of sp³-hybridized carbons (Fsp3) is 0.667. The van der Waals surface area contributed by atoms with Crippen molar-refractivity contribution in [2.24, 2.45) is 5.92 Å². The topological polar surface area (TPSA) is 33.3 Å². The molecule has 3 rings (SSSR count). The summed E-state index contributed by atoms with van der Waals surface area (Å²) < 4.78 is 19.2. The highest BCUT2D eigenvalue weighted by Crippen LogP contribution is 2.29. The highest BCUT2D eigenvalue weighted by atomic mass is 32.2. The second-order valence-electron chi connectivity index (χ2n) is 6.43. The van der Waals surface area contributed by atoms with E-state index in [1.807, 2.05) is 12.1 Å². The van der Waals surface area contributed by atoms with E-state index in [9.17, 15) is 4.39 Å². The van der Waals surface area contributed by atoms with E-state index >= 15 is 0 Å². The molecule has 1 aliphatic heterocycles. The molecule has 2 N–H and O–H groups in total. The van der Waals surface area contributed by atoms with Gasteiger partial charge in [-0.2, -0.15) is 11.8 Å². The third kappa shape index (κ3) is 4.92. The molecule has 1 heterocycles. The van der Waals surface area contributed by atoms with Crippen molar-refractivity contribution in [1.29, 1.82) is 0 Å². The first-order chi connectivity index (χ1) is 11.3. The van der Waals surface area contributed by atoms with E-state index in [0.717, 1.165) is 43.4 Å². The molecule has 1 aliphatic carbocycles. The normalized spacial score (nSPS) is 28.1. The number of morpholine rings is 1. The van der Waals surface area contributed by atoms with Gasteiger partial charge in [0, 0.05) is 36.7 Å². The predicted octanol–water partition coefficient (Wildman–Crippen LogP) is 2.81. The van der Waals surface area contributed by atoms with Gasteiger partial charge in [0.2, 0.25) is 0 Å². The Labute approximate surface area is 142 Å². The summed E-state index contributed by atoms with van der Waals surface area (Å²) in [5.74, 6) is 2.37. The first kappa shape index (κ1) is 17.2. The van der Waals surface area contributed by atoms with E-state index in [1.165, 1.54) is 25.3 Å². The van der Waals surface area contributed by atoms with Crippen LogP contribution in [0.15, 0.2) is 24.3 Å². The van der Waals surface area contributed by atoms with Gasteiger partial charge in [-0.15, -0.1) is 0 Å². The summed E-state index contributed by atoms with van der Waals surface area (Å²) in [4.78, 5) is 0. The third-order valence-corrected chi connectivity index (χ3v) is 5.91. The van der Waals surface area contributed by atoms with Crippen LogP contribution >= 0.6 is 11.8 Å². The minimum absolute atomic E-state index is 0.0906. The van der Waals surface area contributed by atoms with Crippen LogP contribution in [-0.2, 0) is 10.5 Å². The van der Waals surface area contributed by atoms with E-state index < -0.39 is 0 Å². The lowest BCUT2D eigenvalue weighted by Crippen LogP contribution is -2.51. The quantitative estimate of drug-likeness (QED) is 0.749. The number of halogens is 1. The molecule has 1 aromatic rings. The zero-order valence-electron chi connectivity index (χ0n) is 13.6. The molecule has 0 radical (unpaired) electrons. The smallest absolute Gasteiger partial charge is 0.127 e. The molecule has 2 fully saturated rings. The fourth-order valence-electron chi connectivity index (χ4n) is 3.70.